The fraction of sp³-hybridized carbons (Fsp3) is 0.750. The maximum atomic E-state index is 11.0. The van der Waals surface area contributed by atoms with Crippen molar-refractivity contribution in [2.75, 3.05) is 18.6 Å². The van der Waals surface area contributed by atoms with Gasteiger partial charge < -0.3 is 16.3 Å². The Morgan fingerprint density at radius 3 is 2.56 bits per heavy atom. The van der Waals surface area contributed by atoms with Crippen molar-refractivity contribution in [2.45, 2.75) is 19.3 Å². The van der Waals surface area contributed by atoms with Gasteiger partial charge in [0.25, 0.3) is 0 Å². The number of rotatable bonds is 7. The van der Waals surface area contributed by atoms with Crippen LogP contribution in [0.1, 0.15) is 19.3 Å². The molecule has 0 aromatic heterocycles. The van der Waals surface area contributed by atoms with Crippen molar-refractivity contribution >= 4 is 21.6 Å². The molecule has 0 aromatic carbocycles. The molecular formula is C8H17N3O4S. The number of oxime groups is 1. The lowest BCUT2D eigenvalue weighted by Gasteiger charge is -2.03. The molecule has 0 rings (SSSR count). The molecule has 16 heavy (non-hydrogen) atoms. The van der Waals surface area contributed by atoms with Crippen molar-refractivity contribution in [3.8, 4) is 0 Å². The van der Waals surface area contributed by atoms with Crippen LogP contribution in [0.25, 0.3) is 0 Å². The van der Waals surface area contributed by atoms with E-state index in [4.69, 9.17) is 10.9 Å². The molecular weight excluding hydrogens is 234 g/mol. The first kappa shape index (κ1) is 14.7. The Morgan fingerprint density at radius 2 is 2.06 bits per heavy atom. The predicted octanol–water partition coefficient (Wildman–Crippen LogP) is -0.936. The van der Waals surface area contributed by atoms with E-state index in [-0.39, 0.29) is 5.84 Å². The molecule has 0 saturated carbocycles. The molecule has 8 heteroatoms. The third kappa shape index (κ3) is 9.25. The maximum absolute atomic E-state index is 11.0. The number of sulfone groups is 1. The van der Waals surface area contributed by atoms with Crippen LogP contribution < -0.4 is 11.1 Å². The number of hydrogen-bond acceptors (Lipinski definition) is 5. The van der Waals surface area contributed by atoms with Crippen LogP contribution in [-0.4, -0.2) is 43.9 Å². The topological polar surface area (TPSA) is 122 Å². The number of nitrogens with zero attached hydrogens (tertiary/aromatic N) is 1. The molecule has 94 valence electrons. The summed E-state index contributed by atoms with van der Waals surface area (Å²) in [6.07, 6.45) is 2.75. The Kier molecular flexibility index (Phi) is 6.47. The summed E-state index contributed by atoms with van der Waals surface area (Å²) in [4.78, 5) is 11.0. The van der Waals surface area contributed by atoms with Crippen molar-refractivity contribution in [1.82, 2.24) is 5.32 Å². The lowest BCUT2D eigenvalue weighted by Crippen LogP contribution is -2.30. The highest BCUT2D eigenvalue weighted by molar-refractivity contribution is 7.91. The Labute approximate surface area is 94.6 Å². The molecule has 0 atom stereocenters. The van der Waals surface area contributed by atoms with Crippen LogP contribution in [0.15, 0.2) is 5.16 Å². The quantitative estimate of drug-likeness (QED) is 0.177. The van der Waals surface area contributed by atoms with Crippen LogP contribution in [-0.2, 0) is 14.6 Å². The van der Waals surface area contributed by atoms with Gasteiger partial charge >= 0.3 is 0 Å². The molecule has 0 saturated heterocycles. The van der Waals surface area contributed by atoms with E-state index in [0.29, 0.717) is 25.8 Å². The molecule has 1 amide bonds. The SMILES string of the molecule is CS(=O)(=O)CC(=O)NCCCCC(N)=NO. The van der Waals surface area contributed by atoms with Crippen LogP contribution in [0.4, 0.5) is 0 Å². The largest absolute Gasteiger partial charge is 0.409 e. The molecule has 0 radical (unpaired) electrons. The fourth-order valence-corrected chi connectivity index (χ4v) is 1.58. The number of hydrogen-bond donors (Lipinski definition) is 3. The van der Waals surface area contributed by atoms with E-state index in [0.717, 1.165) is 6.26 Å². The van der Waals surface area contributed by atoms with E-state index in [1.165, 1.54) is 0 Å². The van der Waals surface area contributed by atoms with E-state index in [2.05, 4.69) is 10.5 Å². The van der Waals surface area contributed by atoms with Crippen molar-refractivity contribution in [2.24, 2.45) is 10.9 Å². The summed E-state index contributed by atoms with van der Waals surface area (Å²) in [5.74, 6) is -0.860. The highest BCUT2D eigenvalue weighted by Gasteiger charge is 2.09. The van der Waals surface area contributed by atoms with Crippen molar-refractivity contribution in [3.63, 3.8) is 0 Å². The minimum Gasteiger partial charge on any atom is -0.409 e. The average molecular weight is 251 g/mol. The Balaban J connectivity index is 3.57. The van der Waals surface area contributed by atoms with Gasteiger partial charge in [0, 0.05) is 19.2 Å². The van der Waals surface area contributed by atoms with E-state index in [1.807, 2.05) is 0 Å². The summed E-state index contributed by atoms with van der Waals surface area (Å²) in [6, 6.07) is 0. The van der Waals surface area contributed by atoms with Gasteiger partial charge in [0.05, 0.1) is 0 Å². The molecule has 7 nitrogen and oxygen atoms in total. The van der Waals surface area contributed by atoms with Crippen LogP contribution in [0.5, 0.6) is 0 Å². The van der Waals surface area contributed by atoms with E-state index in [9.17, 15) is 13.2 Å². The standard InChI is InChI=1S/C8H17N3O4S/c1-16(14,15)6-8(12)10-5-3-2-4-7(9)11-13/h13H,2-6H2,1H3,(H2,9,11)(H,10,12). The van der Waals surface area contributed by atoms with Crippen LogP contribution >= 0.6 is 0 Å². The summed E-state index contributed by atoms with van der Waals surface area (Å²) in [5.41, 5.74) is 5.23. The van der Waals surface area contributed by atoms with Gasteiger partial charge in [-0.3, -0.25) is 4.79 Å². The second-order valence-corrected chi connectivity index (χ2v) is 5.61. The number of amidine groups is 1. The number of carbonyl (C=O) groups is 1. The minimum absolute atomic E-state index is 0.141. The molecule has 0 unspecified atom stereocenters. The van der Waals surface area contributed by atoms with E-state index < -0.39 is 21.5 Å². The number of amides is 1. The number of nitrogens with one attached hydrogen (secondary N) is 1. The van der Waals surface area contributed by atoms with Crippen LogP contribution in [0.2, 0.25) is 0 Å². The first-order valence-corrected chi connectivity index (χ1v) is 6.82. The molecule has 0 aliphatic heterocycles. The van der Waals surface area contributed by atoms with Gasteiger partial charge in [0.1, 0.15) is 11.6 Å². The zero-order chi connectivity index (χ0) is 12.6. The van der Waals surface area contributed by atoms with E-state index >= 15 is 0 Å². The maximum Gasteiger partial charge on any atom is 0.235 e. The normalized spacial score (nSPS) is 12.4. The van der Waals surface area contributed by atoms with Gasteiger partial charge in [-0.25, -0.2) is 8.42 Å². The first-order valence-electron chi connectivity index (χ1n) is 4.76. The van der Waals surface area contributed by atoms with Crippen molar-refractivity contribution < 1.29 is 18.4 Å². The summed E-state index contributed by atoms with van der Waals surface area (Å²) in [6.45, 7) is 0.382. The first-order chi connectivity index (χ1) is 7.35. The average Bonchev–Trinajstić information content (AvgIpc) is 2.14. The summed E-state index contributed by atoms with van der Waals surface area (Å²) < 4.78 is 21.5. The fourth-order valence-electron chi connectivity index (χ4n) is 0.998. The lowest BCUT2D eigenvalue weighted by atomic mass is 10.2. The molecule has 0 heterocycles. The number of carbonyl (C=O) groups excluding carboxylic acids is 1. The summed E-state index contributed by atoms with van der Waals surface area (Å²) in [5, 5.41) is 13.5. The van der Waals surface area contributed by atoms with Crippen molar-refractivity contribution in [3.05, 3.63) is 0 Å². The highest BCUT2D eigenvalue weighted by Crippen LogP contribution is 1.93. The smallest absolute Gasteiger partial charge is 0.235 e. The Morgan fingerprint density at radius 1 is 1.44 bits per heavy atom. The monoisotopic (exact) mass is 251 g/mol. The Hall–Kier alpha value is -1.31. The molecule has 0 aromatic rings. The lowest BCUT2D eigenvalue weighted by molar-refractivity contribution is -0.118. The van der Waals surface area contributed by atoms with Crippen LogP contribution in [0.3, 0.4) is 0 Å². The third-order valence-electron chi connectivity index (χ3n) is 1.70. The number of unbranched alkanes of at least 4 members (excludes halogenated alkanes) is 1. The second-order valence-electron chi connectivity index (χ2n) is 3.47. The molecule has 0 fully saturated rings. The van der Waals surface area contributed by atoms with Gasteiger partial charge in [-0.2, -0.15) is 0 Å². The van der Waals surface area contributed by atoms with Gasteiger partial charge in [-0.05, 0) is 12.8 Å². The van der Waals surface area contributed by atoms with Crippen LogP contribution in [0, 0.1) is 0 Å². The molecule has 4 N–H and O–H groups in total. The molecule has 0 aliphatic carbocycles. The second kappa shape index (κ2) is 7.04. The minimum atomic E-state index is -3.27. The summed E-state index contributed by atoms with van der Waals surface area (Å²) in [7, 11) is -3.27. The summed E-state index contributed by atoms with van der Waals surface area (Å²) >= 11 is 0. The van der Waals surface area contributed by atoms with Gasteiger partial charge in [-0.1, -0.05) is 5.16 Å². The zero-order valence-electron chi connectivity index (χ0n) is 9.14. The van der Waals surface area contributed by atoms with E-state index in [1.54, 1.807) is 0 Å². The number of nitrogens with two attached hydrogens (primary N) is 1. The van der Waals surface area contributed by atoms with Gasteiger partial charge in [0.2, 0.25) is 5.91 Å². The Bertz CT molecular complexity index is 350. The molecule has 0 bridgehead atoms. The van der Waals surface area contributed by atoms with Gasteiger partial charge in [-0.15, -0.1) is 0 Å². The van der Waals surface area contributed by atoms with Gasteiger partial charge in [0.15, 0.2) is 9.84 Å². The highest BCUT2D eigenvalue weighted by atomic mass is 32.2. The van der Waals surface area contributed by atoms with Crippen molar-refractivity contribution in [1.29, 1.82) is 0 Å². The molecule has 0 spiro atoms. The zero-order valence-corrected chi connectivity index (χ0v) is 9.96. The third-order valence-corrected chi connectivity index (χ3v) is 2.49. The molecule has 0 aliphatic rings. The predicted molar refractivity (Wildman–Crippen MR) is 60.0 cm³/mol.